The number of pyridine rings is 1. The Kier molecular flexibility index (Phi) is 5.50. The summed E-state index contributed by atoms with van der Waals surface area (Å²) in [4.78, 5) is 37.2. The Bertz CT molecular complexity index is 504. The molecular weight excluding hydrogens is 268 g/mol. The monoisotopic (exact) mass is 282 g/mol. The zero-order valence-electron chi connectivity index (χ0n) is 10.5. The summed E-state index contributed by atoms with van der Waals surface area (Å²) in [5, 5.41) is 11.3. The zero-order valence-corrected chi connectivity index (χ0v) is 11.4. The summed E-state index contributed by atoms with van der Waals surface area (Å²) < 4.78 is 0. The molecule has 0 aliphatic rings. The lowest BCUT2D eigenvalue weighted by molar-refractivity contribution is -0.118. The Morgan fingerprint density at radius 2 is 2.16 bits per heavy atom. The molecule has 0 aromatic carbocycles. The Balaban J connectivity index is 2.63. The van der Waals surface area contributed by atoms with E-state index in [-0.39, 0.29) is 28.3 Å². The lowest BCUT2D eigenvalue weighted by atomic mass is 10.2. The Labute approximate surface area is 114 Å². The summed E-state index contributed by atoms with van der Waals surface area (Å²) in [7, 11) is 0. The van der Waals surface area contributed by atoms with Crippen molar-refractivity contribution in [1.82, 2.24) is 4.98 Å². The maximum absolute atomic E-state index is 11.8. The molecule has 1 heterocycles. The van der Waals surface area contributed by atoms with Crippen LogP contribution in [0.1, 0.15) is 24.2 Å². The summed E-state index contributed by atoms with van der Waals surface area (Å²) in [6, 6.07) is 2.62. The number of carboxylic acid groups (broad SMARTS) is 1. The topological polar surface area (TPSA) is 96.4 Å². The third kappa shape index (κ3) is 5.09. The van der Waals surface area contributed by atoms with Gasteiger partial charge in [-0.05, 0) is 12.1 Å². The van der Waals surface area contributed by atoms with Crippen LogP contribution in [0.3, 0.4) is 0 Å². The number of carboxylic acids is 1. The number of aromatic carboxylic acids is 1. The van der Waals surface area contributed by atoms with Gasteiger partial charge in [-0.3, -0.25) is 9.59 Å². The first-order valence-electron chi connectivity index (χ1n) is 5.53. The molecule has 0 fully saturated rings. The van der Waals surface area contributed by atoms with Gasteiger partial charge in [0.25, 0.3) is 0 Å². The van der Waals surface area contributed by atoms with Crippen molar-refractivity contribution in [3.63, 3.8) is 0 Å². The molecule has 0 saturated heterocycles. The number of carbonyl (C=O) groups excluding carboxylic acids is 2. The number of amides is 1. The number of rotatable bonds is 5. The highest BCUT2D eigenvalue weighted by Crippen LogP contribution is 2.12. The van der Waals surface area contributed by atoms with Crippen LogP contribution < -0.4 is 5.32 Å². The maximum atomic E-state index is 11.8. The van der Waals surface area contributed by atoms with Crippen molar-refractivity contribution < 1.29 is 19.5 Å². The van der Waals surface area contributed by atoms with Crippen molar-refractivity contribution in [2.24, 2.45) is 5.92 Å². The molecule has 1 amide bonds. The molecule has 0 radical (unpaired) electrons. The minimum Gasteiger partial charge on any atom is -0.478 e. The van der Waals surface area contributed by atoms with E-state index in [0.717, 1.165) is 11.8 Å². The van der Waals surface area contributed by atoms with E-state index < -0.39 is 5.97 Å². The van der Waals surface area contributed by atoms with Gasteiger partial charge in [-0.1, -0.05) is 18.7 Å². The van der Waals surface area contributed by atoms with Crippen LogP contribution in [0, 0.1) is 5.92 Å². The van der Waals surface area contributed by atoms with E-state index in [0.29, 0.717) is 5.75 Å². The van der Waals surface area contributed by atoms with E-state index in [4.69, 9.17) is 5.11 Å². The summed E-state index contributed by atoms with van der Waals surface area (Å²) in [6.45, 7) is 3.12. The quantitative estimate of drug-likeness (QED) is 0.852. The summed E-state index contributed by atoms with van der Waals surface area (Å²) in [5.41, 5.74) is 0.0519. The average molecular weight is 282 g/mol. The molecule has 6 nitrogen and oxygen atoms in total. The second-order valence-electron chi connectivity index (χ2n) is 3.93. The molecule has 1 atom stereocenters. The molecule has 0 aliphatic carbocycles. The van der Waals surface area contributed by atoms with Crippen LogP contribution in [0.25, 0.3) is 0 Å². The van der Waals surface area contributed by atoms with E-state index in [1.807, 2.05) is 0 Å². The van der Waals surface area contributed by atoms with Gasteiger partial charge >= 0.3 is 5.97 Å². The number of nitrogens with one attached hydrogen (secondary N) is 1. The van der Waals surface area contributed by atoms with Gasteiger partial charge in [0.15, 0.2) is 5.12 Å². The van der Waals surface area contributed by atoms with Gasteiger partial charge < -0.3 is 10.4 Å². The standard InChI is InChI=1S/C12H14N2O4S/c1-7(6-19-8(2)15)11(16)14-10-5-9(12(17)18)3-4-13-10/h3-5,7H,6H2,1-2H3,(H,17,18)(H,13,14,16). The first-order valence-corrected chi connectivity index (χ1v) is 6.52. The molecule has 19 heavy (non-hydrogen) atoms. The average Bonchev–Trinajstić information content (AvgIpc) is 2.36. The van der Waals surface area contributed by atoms with E-state index in [1.54, 1.807) is 6.92 Å². The molecule has 0 aliphatic heterocycles. The number of nitrogens with zero attached hydrogens (tertiary/aromatic N) is 1. The zero-order chi connectivity index (χ0) is 14.4. The lowest BCUT2D eigenvalue weighted by Gasteiger charge is -2.10. The minimum atomic E-state index is -1.09. The SMILES string of the molecule is CC(=O)SCC(C)C(=O)Nc1cc(C(=O)O)ccn1. The third-order valence-electron chi connectivity index (χ3n) is 2.24. The van der Waals surface area contributed by atoms with Gasteiger partial charge in [0.2, 0.25) is 5.91 Å². The van der Waals surface area contributed by atoms with Crippen LogP contribution in [-0.2, 0) is 9.59 Å². The van der Waals surface area contributed by atoms with Crippen molar-refractivity contribution >= 4 is 34.6 Å². The largest absolute Gasteiger partial charge is 0.478 e. The predicted octanol–water partition coefficient (Wildman–Crippen LogP) is 1.63. The highest BCUT2D eigenvalue weighted by Gasteiger charge is 2.15. The van der Waals surface area contributed by atoms with Crippen LogP contribution in [0.4, 0.5) is 5.82 Å². The Morgan fingerprint density at radius 3 is 2.74 bits per heavy atom. The Hall–Kier alpha value is -1.89. The Morgan fingerprint density at radius 1 is 1.47 bits per heavy atom. The molecule has 1 aromatic heterocycles. The van der Waals surface area contributed by atoms with Crippen molar-refractivity contribution in [2.45, 2.75) is 13.8 Å². The molecule has 7 heteroatoms. The van der Waals surface area contributed by atoms with E-state index in [9.17, 15) is 14.4 Å². The predicted molar refractivity (Wildman–Crippen MR) is 72.1 cm³/mol. The number of hydrogen-bond acceptors (Lipinski definition) is 5. The molecule has 0 spiro atoms. The van der Waals surface area contributed by atoms with E-state index in [1.165, 1.54) is 25.3 Å². The summed E-state index contributed by atoms with van der Waals surface area (Å²) >= 11 is 1.07. The molecule has 0 saturated carbocycles. The molecule has 102 valence electrons. The minimum absolute atomic E-state index is 0.0503. The molecular formula is C12H14N2O4S. The maximum Gasteiger partial charge on any atom is 0.335 e. The van der Waals surface area contributed by atoms with Gasteiger partial charge in [-0.2, -0.15) is 0 Å². The number of thioether (sulfide) groups is 1. The molecule has 1 rings (SSSR count). The van der Waals surface area contributed by atoms with Crippen molar-refractivity contribution in [3.8, 4) is 0 Å². The second kappa shape index (κ2) is 6.89. The van der Waals surface area contributed by atoms with Gasteiger partial charge in [0, 0.05) is 24.8 Å². The number of carbonyl (C=O) groups is 3. The van der Waals surface area contributed by atoms with Crippen LogP contribution in [-0.4, -0.2) is 32.8 Å². The van der Waals surface area contributed by atoms with Gasteiger partial charge in [-0.15, -0.1) is 0 Å². The smallest absolute Gasteiger partial charge is 0.335 e. The molecule has 1 aromatic rings. The number of anilines is 1. The molecule has 0 bridgehead atoms. The fraction of sp³-hybridized carbons (Fsp3) is 0.333. The first-order chi connectivity index (χ1) is 8.90. The van der Waals surface area contributed by atoms with Crippen LogP contribution in [0.2, 0.25) is 0 Å². The first kappa shape index (κ1) is 15.2. The molecule has 2 N–H and O–H groups in total. The highest BCUT2D eigenvalue weighted by atomic mass is 32.2. The third-order valence-corrected chi connectivity index (χ3v) is 3.32. The van der Waals surface area contributed by atoms with Crippen molar-refractivity contribution in [2.75, 3.05) is 11.1 Å². The number of hydrogen-bond donors (Lipinski definition) is 2. The normalized spacial score (nSPS) is 11.7. The molecule has 1 unspecified atom stereocenters. The fourth-order valence-corrected chi connectivity index (χ4v) is 1.84. The van der Waals surface area contributed by atoms with Gasteiger partial charge in [0.05, 0.1) is 5.56 Å². The van der Waals surface area contributed by atoms with Crippen LogP contribution in [0.15, 0.2) is 18.3 Å². The van der Waals surface area contributed by atoms with Gasteiger partial charge in [0.1, 0.15) is 5.82 Å². The van der Waals surface area contributed by atoms with E-state index in [2.05, 4.69) is 10.3 Å². The van der Waals surface area contributed by atoms with Crippen molar-refractivity contribution in [3.05, 3.63) is 23.9 Å². The second-order valence-corrected chi connectivity index (χ2v) is 5.12. The van der Waals surface area contributed by atoms with Crippen LogP contribution >= 0.6 is 11.8 Å². The van der Waals surface area contributed by atoms with E-state index >= 15 is 0 Å². The summed E-state index contributed by atoms with van der Waals surface area (Å²) in [5.74, 6) is -1.20. The lowest BCUT2D eigenvalue weighted by Crippen LogP contribution is -2.23. The number of aromatic nitrogens is 1. The fourth-order valence-electron chi connectivity index (χ4n) is 1.20. The van der Waals surface area contributed by atoms with Crippen LogP contribution in [0.5, 0.6) is 0 Å². The van der Waals surface area contributed by atoms with Crippen molar-refractivity contribution in [1.29, 1.82) is 0 Å². The highest BCUT2D eigenvalue weighted by molar-refractivity contribution is 8.13. The summed E-state index contributed by atoms with van der Waals surface area (Å²) in [6.07, 6.45) is 1.31. The van der Waals surface area contributed by atoms with Gasteiger partial charge in [-0.25, -0.2) is 9.78 Å².